The second kappa shape index (κ2) is 7.37. The molecule has 0 aliphatic heterocycles. The first-order valence-electron chi connectivity index (χ1n) is 7.69. The van der Waals surface area contributed by atoms with Crippen molar-refractivity contribution in [1.82, 2.24) is 0 Å². The van der Waals surface area contributed by atoms with E-state index in [1.54, 1.807) is 11.8 Å². The van der Waals surface area contributed by atoms with Crippen LogP contribution in [0.1, 0.15) is 22.8 Å². The van der Waals surface area contributed by atoms with Crippen LogP contribution in [0.2, 0.25) is 0 Å². The summed E-state index contributed by atoms with van der Waals surface area (Å²) in [5.41, 5.74) is 1.66. The lowest BCUT2D eigenvalue weighted by molar-refractivity contribution is 0.0953. The molecule has 3 heteroatoms. The van der Waals surface area contributed by atoms with Crippen LogP contribution >= 0.6 is 27.7 Å². The molecule has 3 aromatic carbocycles. The molecule has 0 saturated carbocycles. The van der Waals surface area contributed by atoms with Crippen LogP contribution in [-0.2, 0) is 4.32 Å². The van der Waals surface area contributed by atoms with Gasteiger partial charge in [0.1, 0.15) is 4.32 Å². The molecule has 0 radical (unpaired) electrons. The smallest absolute Gasteiger partial charge is 0.183 e. The van der Waals surface area contributed by atoms with E-state index in [-0.39, 0.29) is 5.78 Å². The second-order valence-corrected chi connectivity index (χ2v) is 8.37. The maximum atomic E-state index is 12.9. The molecule has 120 valence electrons. The van der Waals surface area contributed by atoms with Crippen LogP contribution in [0.25, 0.3) is 0 Å². The number of hydrogen-bond donors (Lipinski definition) is 0. The third-order valence-electron chi connectivity index (χ3n) is 3.84. The van der Waals surface area contributed by atoms with E-state index in [4.69, 9.17) is 0 Å². The molecule has 0 spiro atoms. The van der Waals surface area contributed by atoms with Crippen LogP contribution in [0.3, 0.4) is 0 Å². The molecule has 1 nitrogen and oxygen atoms in total. The molecule has 0 saturated heterocycles. The Morgan fingerprint density at radius 1 is 0.792 bits per heavy atom. The Labute approximate surface area is 155 Å². The zero-order chi connectivity index (χ0) is 17.0. The lowest BCUT2D eigenvalue weighted by Crippen LogP contribution is -2.25. The molecular weight excluding hydrogens is 380 g/mol. The van der Waals surface area contributed by atoms with E-state index in [0.717, 1.165) is 10.5 Å². The van der Waals surface area contributed by atoms with E-state index in [2.05, 4.69) is 28.1 Å². The number of ketones is 1. The van der Waals surface area contributed by atoms with Crippen molar-refractivity contribution >= 4 is 33.5 Å². The standard InChI is InChI=1S/C21H17BrOS/c1-21(22,17-8-4-2-5-9-17)20(23)16-12-14-19(15-13-16)24-18-10-6-3-7-11-18/h2-15H,1H3. The van der Waals surface area contributed by atoms with Gasteiger partial charge in [0.15, 0.2) is 5.78 Å². The lowest BCUT2D eigenvalue weighted by Gasteiger charge is -2.21. The van der Waals surface area contributed by atoms with Gasteiger partial charge in [-0.05, 0) is 36.8 Å². The van der Waals surface area contributed by atoms with Gasteiger partial charge in [0, 0.05) is 15.4 Å². The van der Waals surface area contributed by atoms with Crippen molar-refractivity contribution in [3.63, 3.8) is 0 Å². The van der Waals surface area contributed by atoms with Crippen molar-refractivity contribution in [2.45, 2.75) is 21.0 Å². The molecule has 1 atom stereocenters. The molecule has 0 heterocycles. The average molecular weight is 397 g/mol. The highest BCUT2D eigenvalue weighted by molar-refractivity contribution is 9.10. The number of Topliss-reactive ketones (excluding diaryl/α,β-unsaturated/α-hetero) is 1. The first-order valence-corrected chi connectivity index (χ1v) is 9.30. The predicted octanol–water partition coefficient (Wildman–Crippen LogP) is 6.33. The van der Waals surface area contributed by atoms with Crippen LogP contribution < -0.4 is 0 Å². The maximum Gasteiger partial charge on any atom is 0.183 e. The normalized spacial score (nSPS) is 13.2. The van der Waals surface area contributed by atoms with Gasteiger partial charge < -0.3 is 0 Å². The summed E-state index contributed by atoms with van der Waals surface area (Å²) in [5.74, 6) is 0.0601. The van der Waals surface area contributed by atoms with Gasteiger partial charge in [0.05, 0.1) is 0 Å². The predicted molar refractivity (Wildman–Crippen MR) is 104 cm³/mol. The topological polar surface area (TPSA) is 17.1 Å². The summed E-state index contributed by atoms with van der Waals surface area (Å²) in [7, 11) is 0. The van der Waals surface area contributed by atoms with Gasteiger partial charge in [-0.1, -0.05) is 88.4 Å². The Bertz CT molecular complexity index is 811. The van der Waals surface area contributed by atoms with Crippen molar-refractivity contribution in [1.29, 1.82) is 0 Å². The summed E-state index contributed by atoms with van der Waals surface area (Å²) in [6.45, 7) is 1.90. The Kier molecular flexibility index (Phi) is 5.22. The fraction of sp³-hybridized carbons (Fsp3) is 0.0952. The fourth-order valence-corrected chi connectivity index (χ4v) is 3.78. The number of alkyl halides is 1. The number of rotatable bonds is 5. The molecular formula is C21H17BrOS. The second-order valence-electron chi connectivity index (χ2n) is 5.64. The molecule has 1 unspecified atom stereocenters. The van der Waals surface area contributed by atoms with E-state index in [0.29, 0.717) is 5.56 Å². The van der Waals surface area contributed by atoms with Gasteiger partial charge in [0.25, 0.3) is 0 Å². The van der Waals surface area contributed by atoms with E-state index in [1.165, 1.54) is 4.90 Å². The highest BCUT2D eigenvalue weighted by atomic mass is 79.9. The molecule has 0 aromatic heterocycles. The van der Waals surface area contributed by atoms with Crippen LogP contribution in [0.15, 0.2) is 94.7 Å². The monoisotopic (exact) mass is 396 g/mol. The lowest BCUT2D eigenvalue weighted by atomic mass is 9.92. The molecule has 0 N–H and O–H groups in total. The minimum Gasteiger partial charge on any atom is -0.292 e. The Morgan fingerprint density at radius 3 is 1.88 bits per heavy atom. The van der Waals surface area contributed by atoms with Crippen molar-refractivity contribution in [3.8, 4) is 0 Å². The first-order chi connectivity index (χ1) is 11.6. The van der Waals surface area contributed by atoms with Gasteiger partial charge in [-0.3, -0.25) is 4.79 Å². The van der Waals surface area contributed by atoms with Gasteiger partial charge in [-0.15, -0.1) is 0 Å². The summed E-state index contributed by atoms with van der Waals surface area (Å²) >= 11 is 5.30. The molecule has 0 fully saturated rings. The summed E-state index contributed by atoms with van der Waals surface area (Å²) in [6, 6.07) is 27.8. The minimum absolute atomic E-state index is 0.0601. The number of benzene rings is 3. The first kappa shape index (κ1) is 17.0. The largest absolute Gasteiger partial charge is 0.292 e. The molecule has 0 bridgehead atoms. The van der Waals surface area contributed by atoms with Crippen LogP contribution in [-0.4, -0.2) is 5.78 Å². The van der Waals surface area contributed by atoms with Crippen LogP contribution in [0.5, 0.6) is 0 Å². The Balaban J connectivity index is 1.79. The molecule has 0 amide bonds. The SMILES string of the molecule is CC(Br)(C(=O)c1ccc(Sc2ccccc2)cc1)c1ccccc1. The third kappa shape index (κ3) is 3.80. The van der Waals surface area contributed by atoms with E-state index >= 15 is 0 Å². The number of hydrogen-bond acceptors (Lipinski definition) is 2. The minimum atomic E-state index is -0.720. The number of halogens is 1. The van der Waals surface area contributed by atoms with Crippen LogP contribution in [0.4, 0.5) is 0 Å². The highest BCUT2D eigenvalue weighted by Crippen LogP contribution is 2.35. The quantitative estimate of drug-likeness (QED) is 0.370. The van der Waals surface area contributed by atoms with Gasteiger partial charge >= 0.3 is 0 Å². The summed E-state index contributed by atoms with van der Waals surface area (Å²) in [5, 5.41) is 0. The van der Waals surface area contributed by atoms with E-state index < -0.39 is 4.32 Å². The van der Waals surface area contributed by atoms with E-state index in [9.17, 15) is 4.79 Å². The number of carbonyl (C=O) groups is 1. The molecule has 24 heavy (non-hydrogen) atoms. The van der Waals surface area contributed by atoms with Crippen LogP contribution in [0, 0.1) is 0 Å². The van der Waals surface area contributed by atoms with Crippen molar-refractivity contribution < 1.29 is 4.79 Å². The number of carbonyl (C=O) groups excluding carboxylic acids is 1. The molecule has 0 aliphatic carbocycles. The van der Waals surface area contributed by atoms with Gasteiger partial charge in [-0.25, -0.2) is 0 Å². The summed E-state index contributed by atoms with van der Waals surface area (Å²) < 4.78 is -0.720. The zero-order valence-corrected chi connectivity index (χ0v) is 15.7. The summed E-state index contributed by atoms with van der Waals surface area (Å²) in [4.78, 5) is 15.2. The van der Waals surface area contributed by atoms with E-state index in [1.807, 2.05) is 79.7 Å². The van der Waals surface area contributed by atoms with Crippen molar-refractivity contribution in [2.75, 3.05) is 0 Å². The third-order valence-corrected chi connectivity index (χ3v) is 5.67. The van der Waals surface area contributed by atoms with Crippen molar-refractivity contribution in [2.24, 2.45) is 0 Å². The van der Waals surface area contributed by atoms with Gasteiger partial charge in [0.2, 0.25) is 0 Å². The van der Waals surface area contributed by atoms with Gasteiger partial charge in [-0.2, -0.15) is 0 Å². The van der Waals surface area contributed by atoms with Crippen molar-refractivity contribution in [3.05, 3.63) is 96.1 Å². The zero-order valence-electron chi connectivity index (χ0n) is 13.3. The fourth-order valence-electron chi connectivity index (χ4n) is 2.45. The Morgan fingerprint density at radius 2 is 1.29 bits per heavy atom. The molecule has 3 rings (SSSR count). The highest BCUT2D eigenvalue weighted by Gasteiger charge is 2.32. The summed E-state index contributed by atoms with van der Waals surface area (Å²) in [6.07, 6.45) is 0. The maximum absolute atomic E-state index is 12.9. The molecule has 0 aliphatic rings. The average Bonchev–Trinajstić information content (AvgIpc) is 2.63. The Hall–Kier alpha value is -1.84. The molecule has 3 aromatic rings.